The molecule has 0 atom stereocenters. The Bertz CT molecular complexity index is 1060. The molecule has 0 bridgehead atoms. The average molecular weight is 441 g/mol. The third kappa shape index (κ3) is 6.35. The van der Waals surface area contributed by atoms with Crippen molar-refractivity contribution < 1.29 is 21.6 Å². The molecule has 0 heterocycles. The van der Waals surface area contributed by atoms with Crippen molar-refractivity contribution in [1.82, 2.24) is 0 Å². The largest absolute Gasteiger partial charge is 0.416 e. The molecule has 0 radical (unpaired) electrons. The van der Waals surface area contributed by atoms with Crippen molar-refractivity contribution in [2.24, 2.45) is 5.14 Å². The van der Waals surface area contributed by atoms with E-state index in [9.17, 15) is 21.6 Å². The smallest absolute Gasteiger partial charge is 0.380 e. The fourth-order valence-corrected chi connectivity index (χ4v) is 4.05. The Morgan fingerprint density at radius 3 is 2.14 bits per heavy atom. The van der Waals surface area contributed by atoms with Crippen molar-refractivity contribution in [3.63, 3.8) is 0 Å². The predicted octanol–water partition coefficient (Wildman–Crippen LogP) is 4.50. The Hall–Kier alpha value is -2.28. The molecule has 4 nitrogen and oxygen atoms in total. The fourth-order valence-electron chi connectivity index (χ4n) is 2.58. The number of nitrogens with two attached hydrogens (primary N) is 1. The van der Waals surface area contributed by atoms with Crippen LogP contribution in [0.1, 0.15) is 22.3 Å². The minimum atomic E-state index is -4.40. The molecule has 2 aromatic rings. The number of nitrogens with one attached hydrogen (secondary N) is 1. The number of hydrogen-bond acceptors (Lipinski definition) is 3. The van der Waals surface area contributed by atoms with Crippen LogP contribution in [0.2, 0.25) is 19.6 Å². The van der Waals surface area contributed by atoms with E-state index >= 15 is 0 Å². The van der Waals surface area contributed by atoms with Gasteiger partial charge >= 0.3 is 6.18 Å². The lowest BCUT2D eigenvalue weighted by molar-refractivity contribution is -0.137. The summed E-state index contributed by atoms with van der Waals surface area (Å²) < 4.78 is 62.4. The first-order valence-corrected chi connectivity index (χ1v) is 13.8. The fraction of sp³-hybridized carbons (Fsp3) is 0.300. The summed E-state index contributed by atoms with van der Waals surface area (Å²) in [4.78, 5) is -0.0410. The highest BCUT2D eigenvalue weighted by Gasteiger charge is 2.29. The maximum Gasteiger partial charge on any atom is 0.416 e. The molecule has 0 aliphatic rings. The Morgan fingerprint density at radius 1 is 1.07 bits per heavy atom. The zero-order valence-corrected chi connectivity index (χ0v) is 18.4. The molecule has 0 spiro atoms. The number of rotatable bonds is 4. The first-order valence-electron chi connectivity index (χ1n) is 8.78. The zero-order valence-electron chi connectivity index (χ0n) is 16.6. The van der Waals surface area contributed by atoms with Gasteiger partial charge in [0.15, 0.2) is 0 Å². The summed E-state index contributed by atoms with van der Waals surface area (Å²) in [7, 11) is -5.82. The summed E-state index contributed by atoms with van der Waals surface area (Å²) in [6.45, 7) is 7.93. The van der Waals surface area contributed by atoms with Gasteiger partial charge in [-0.15, -0.1) is 5.54 Å². The van der Waals surface area contributed by atoms with E-state index in [1.165, 1.54) is 12.1 Å². The number of halogens is 3. The van der Waals surface area contributed by atoms with Gasteiger partial charge in [0.2, 0.25) is 10.0 Å². The molecule has 9 heteroatoms. The van der Waals surface area contributed by atoms with Crippen LogP contribution in [0.4, 0.5) is 18.9 Å². The van der Waals surface area contributed by atoms with Gasteiger partial charge in [0.05, 0.1) is 16.8 Å². The Balaban J connectivity index is 2.43. The van der Waals surface area contributed by atoms with Crippen LogP contribution in [-0.4, -0.2) is 16.5 Å². The van der Waals surface area contributed by atoms with E-state index in [0.29, 0.717) is 16.8 Å². The molecule has 0 aromatic heterocycles. The van der Waals surface area contributed by atoms with Crippen molar-refractivity contribution in [1.29, 1.82) is 0 Å². The van der Waals surface area contributed by atoms with Crippen molar-refractivity contribution in [3.8, 4) is 11.5 Å². The third-order valence-electron chi connectivity index (χ3n) is 3.97. The van der Waals surface area contributed by atoms with Crippen molar-refractivity contribution in [3.05, 3.63) is 58.7 Å². The van der Waals surface area contributed by atoms with Gasteiger partial charge in [0.25, 0.3) is 0 Å². The summed E-state index contributed by atoms with van der Waals surface area (Å²) in [5.74, 6) is 2.98. The average Bonchev–Trinajstić information content (AvgIpc) is 2.56. The van der Waals surface area contributed by atoms with Gasteiger partial charge in [0.1, 0.15) is 13.0 Å². The molecule has 0 fully saturated rings. The standard InChI is InChI=1S/C20H23F3N2O2SSi/c1-14-5-10-18(17(11-12-29(2,3)4)19(14)28(24,26)27)25-13-15-6-8-16(9-7-15)20(21,22)23/h5-10,25H,13H2,1-4H3,(H2,24,26,27). The van der Waals surface area contributed by atoms with Crippen LogP contribution in [0.3, 0.4) is 0 Å². The topological polar surface area (TPSA) is 72.2 Å². The Morgan fingerprint density at radius 2 is 1.66 bits per heavy atom. The molecule has 156 valence electrons. The highest BCUT2D eigenvalue weighted by Crippen LogP contribution is 2.30. The second kappa shape index (κ2) is 8.22. The minimum Gasteiger partial charge on any atom is -0.380 e. The van der Waals surface area contributed by atoms with Crippen LogP contribution in [-0.2, 0) is 22.7 Å². The summed E-state index contributed by atoms with van der Waals surface area (Å²) in [6, 6.07) is 8.08. The summed E-state index contributed by atoms with van der Waals surface area (Å²) in [5, 5.41) is 8.49. The highest BCUT2D eigenvalue weighted by atomic mass is 32.2. The van der Waals surface area contributed by atoms with Gasteiger partial charge in [-0.25, -0.2) is 13.6 Å². The van der Waals surface area contributed by atoms with Crippen LogP contribution in [0.25, 0.3) is 0 Å². The highest BCUT2D eigenvalue weighted by molar-refractivity contribution is 7.89. The predicted molar refractivity (Wildman–Crippen MR) is 112 cm³/mol. The van der Waals surface area contributed by atoms with E-state index in [1.807, 2.05) is 19.6 Å². The summed E-state index contributed by atoms with van der Waals surface area (Å²) in [6.07, 6.45) is -4.40. The number of alkyl halides is 3. The van der Waals surface area contributed by atoms with Gasteiger partial charge in [-0.2, -0.15) is 13.2 Å². The van der Waals surface area contributed by atoms with Crippen molar-refractivity contribution >= 4 is 23.8 Å². The maximum atomic E-state index is 12.7. The SMILES string of the molecule is Cc1ccc(NCc2ccc(C(F)(F)F)cc2)c(C#C[Si](C)(C)C)c1S(N)(=O)=O. The first kappa shape index (κ1) is 23.0. The van der Waals surface area contributed by atoms with Gasteiger partial charge < -0.3 is 5.32 Å². The lowest BCUT2D eigenvalue weighted by Gasteiger charge is -2.15. The second-order valence-electron chi connectivity index (χ2n) is 7.73. The zero-order chi connectivity index (χ0) is 22.0. The monoisotopic (exact) mass is 440 g/mol. The lowest BCUT2D eigenvalue weighted by Crippen LogP contribution is -2.19. The van der Waals surface area contributed by atoms with Crippen LogP contribution in [0, 0.1) is 18.4 Å². The number of anilines is 1. The third-order valence-corrected chi connectivity index (χ3v) is 5.94. The second-order valence-corrected chi connectivity index (χ2v) is 14.0. The van der Waals surface area contributed by atoms with E-state index in [-0.39, 0.29) is 17.0 Å². The van der Waals surface area contributed by atoms with Gasteiger partial charge in [0, 0.05) is 6.54 Å². The van der Waals surface area contributed by atoms with Gasteiger partial charge in [-0.1, -0.05) is 43.8 Å². The molecule has 0 aliphatic heterocycles. The van der Waals surface area contributed by atoms with Crippen LogP contribution in [0.15, 0.2) is 41.3 Å². The quantitative estimate of drug-likeness (QED) is 0.543. The van der Waals surface area contributed by atoms with E-state index in [1.54, 1.807) is 19.1 Å². The molecule has 0 saturated carbocycles. The molecular formula is C20H23F3N2O2SSi. The molecule has 0 unspecified atom stereocenters. The molecular weight excluding hydrogens is 417 g/mol. The molecule has 0 aliphatic carbocycles. The van der Waals surface area contributed by atoms with Gasteiger partial charge in [-0.3, -0.25) is 0 Å². The van der Waals surface area contributed by atoms with E-state index < -0.39 is 29.8 Å². The molecule has 0 amide bonds. The number of aryl methyl sites for hydroxylation is 1. The van der Waals surface area contributed by atoms with E-state index in [4.69, 9.17) is 5.14 Å². The van der Waals surface area contributed by atoms with E-state index in [2.05, 4.69) is 16.8 Å². The van der Waals surface area contributed by atoms with E-state index in [0.717, 1.165) is 12.1 Å². The number of primary sulfonamides is 1. The van der Waals surface area contributed by atoms with Gasteiger partial charge in [-0.05, 0) is 36.2 Å². The molecule has 2 rings (SSSR count). The minimum absolute atomic E-state index is 0.0410. The number of sulfonamides is 1. The number of hydrogen-bond donors (Lipinski definition) is 2. The summed E-state index contributed by atoms with van der Waals surface area (Å²) >= 11 is 0. The molecule has 2 aromatic carbocycles. The molecule has 0 saturated heterocycles. The maximum absolute atomic E-state index is 12.7. The normalized spacial score (nSPS) is 12.3. The summed E-state index contributed by atoms with van der Waals surface area (Å²) in [5.41, 5.74) is 4.25. The Kier molecular flexibility index (Phi) is 6.52. The van der Waals surface area contributed by atoms with Crippen molar-refractivity contribution in [2.45, 2.75) is 44.2 Å². The molecule has 3 N–H and O–H groups in total. The van der Waals surface area contributed by atoms with Crippen molar-refractivity contribution in [2.75, 3.05) is 5.32 Å². The van der Waals surface area contributed by atoms with Crippen LogP contribution < -0.4 is 10.5 Å². The lowest BCUT2D eigenvalue weighted by atomic mass is 10.1. The number of benzene rings is 2. The molecule has 29 heavy (non-hydrogen) atoms. The van der Waals surface area contributed by atoms with Crippen LogP contribution >= 0.6 is 0 Å². The van der Waals surface area contributed by atoms with Crippen LogP contribution in [0.5, 0.6) is 0 Å². The Labute approximate surface area is 170 Å². The first-order chi connectivity index (χ1) is 13.2.